The van der Waals surface area contributed by atoms with Gasteiger partial charge in [-0.05, 0) is 38.5 Å². The van der Waals surface area contributed by atoms with Crippen LogP contribution in [0.1, 0.15) is 20.3 Å². The van der Waals surface area contributed by atoms with Gasteiger partial charge in [0.15, 0.2) is 6.10 Å². The molecular formula is C14H20ClNO3. The van der Waals surface area contributed by atoms with Crippen molar-refractivity contribution in [2.24, 2.45) is 0 Å². The molecule has 4 nitrogen and oxygen atoms in total. The van der Waals surface area contributed by atoms with Gasteiger partial charge in [0.1, 0.15) is 5.75 Å². The monoisotopic (exact) mass is 285 g/mol. The summed E-state index contributed by atoms with van der Waals surface area (Å²) in [4.78, 5) is 13.6. The van der Waals surface area contributed by atoms with Crippen molar-refractivity contribution in [3.8, 4) is 5.75 Å². The highest BCUT2D eigenvalue weighted by Crippen LogP contribution is 2.18. The highest BCUT2D eigenvalue weighted by Gasteiger charge is 2.19. The van der Waals surface area contributed by atoms with Crippen LogP contribution >= 0.6 is 11.6 Å². The molecule has 0 bridgehead atoms. The number of rotatable bonds is 6. The van der Waals surface area contributed by atoms with Crippen LogP contribution in [-0.2, 0) is 4.79 Å². The molecule has 1 aromatic carbocycles. The summed E-state index contributed by atoms with van der Waals surface area (Å²) in [5.41, 5.74) is 0. The summed E-state index contributed by atoms with van der Waals surface area (Å²) in [5, 5.41) is 9.77. The number of amides is 1. The number of hydrogen-bond acceptors (Lipinski definition) is 3. The average molecular weight is 286 g/mol. The molecule has 0 fully saturated rings. The van der Waals surface area contributed by atoms with Crippen molar-refractivity contribution in [2.75, 3.05) is 13.6 Å². The quantitative estimate of drug-likeness (QED) is 0.873. The molecule has 0 aliphatic carbocycles. The summed E-state index contributed by atoms with van der Waals surface area (Å²) in [6, 6.07) is 6.94. The largest absolute Gasteiger partial charge is 0.481 e. The molecule has 19 heavy (non-hydrogen) atoms. The summed E-state index contributed by atoms with van der Waals surface area (Å²) in [5.74, 6) is 0.443. The van der Waals surface area contributed by atoms with Crippen molar-refractivity contribution in [3.05, 3.63) is 29.3 Å². The standard InChI is InChI=1S/C14H20ClNO3/c1-10(17)7-8-16(3)14(18)11(2)19-13-6-4-5-12(15)9-13/h4-6,9-11,17H,7-8H2,1-3H3. The molecule has 0 aliphatic heterocycles. The summed E-state index contributed by atoms with van der Waals surface area (Å²) in [6.07, 6.45) is -0.455. The number of hydrogen-bond donors (Lipinski definition) is 1. The van der Waals surface area contributed by atoms with Gasteiger partial charge in [0.25, 0.3) is 5.91 Å². The van der Waals surface area contributed by atoms with Crippen molar-refractivity contribution in [1.82, 2.24) is 4.90 Å². The minimum absolute atomic E-state index is 0.124. The Morgan fingerprint density at radius 3 is 2.74 bits per heavy atom. The van der Waals surface area contributed by atoms with E-state index in [1.165, 1.54) is 0 Å². The predicted octanol–water partition coefficient (Wildman–Crippen LogP) is 2.34. The number of carbonyl (C=O) groups excluding carboxylic acids is 1. The van der Waals surface area contributed by atoms with E-state index in [1.807, 2.05) is 0 Å². The van der Waals surface area contributed by atoms with Crippen molar-refractivity contribution in [3.63, 3.8) is 0 Å². The van der Waals surface area contributed by atoms with Gasteiger partial charge in [0.05, 0.1) is 6.10 Å². The molecule has 1 rings (SSSR count). The summed E-state index contributed by atoms with van der Waals surface area (Å²) in [6.45, 7) is 3.89. The minimum atomic E-state index is -0.586. The molecule has 1 N–H and O–H groups in total. The van der Waals surface area contributed by atoms with Gasteiger partial charge in [-0.25, -0.2) is 0 Å². The summed E-state index contributed by atoms with van der Waals surface area (Å²) < 4.78 is 5.55. The highest BCUT2D eigenvalue weighted by molar-refractivity contribution is 6.30. The van der Waals surface area contributed by atoms with Gasteiger partial charge >= 0.3 is 0 Å². The van der Waals surface area contributed by atoms with Crippen LogP contribution in [0.5, 0.6) is 5.75 Å². The first-order chi connectivity index (χ1) is 8.90. The van der Waals surface area contributed by atoms with Crippen LogP contribution in [0.2, 0.25) is 5.02 Å². The molecule has 5 heteroatoms. The van der Waals surface area contributed by atoms with Crippen LogP contribution in [0.3, 0.4) is 0 Å². The van der Waals surface area contributed by atoms with Crippen molar-refractivity contribution < 1.29 is 14.6 Å². The molecule has 106 valence electrons. The first kappa shape index (κ1) is 15.8. The van der Waals surface area contributed by atoms with Crippen LogP contribution in [0.15, 0.2) is 24.3 Å². The van der Waals surface area contributed by atoms with E-state index in [2.05, 4.69) is 0 Å². The molecule has 0 spiro atoms. The van der Waals surface area contributed by atoms with E-state index < -0.39 is 12.2 Å². The second kappa shape index (κ2) is 7.36. The smallest absolute Gasteiger partial charge is 0.263 e. The zero-order chi connectivity index (χ0) is 14.4. The number of benzene rings is 1. The average Bonchev–Trinajstić information content (AvgIpc) is 2.34. The fourth-order valence-electron chi connectivity index (χ4n) is 1.60. The minimum Gasteiger partial charge on any atom is -0.481 e. The molecule has 0 saturated carbocycles. The second-order valence-corrected chi connectivity index (χ2v) is 5.05. The fourth-order valence-corrected chi connectivity index (χ4v) is 1.78. The van der Waals surface area contributed by atoms with Crippen LogP contribution < -0.4 is 4.74 Å². The molecule has 0 saturated heterocycles. The zero-order valence-corrected chi connectivity index (χ0v) is 12.2. The molecule has 0 heterocycles. The van der Waals surface area contributed by atoms with Crippen LogP contribution in [0.25, 0.3) is 0 Å². The van der Waals surface area contributed by atoms with E-state index in [9.17, 15) is 9.90 Å². The lowest BCUT2D eigenvalue weighted by Gasteiger charge is -2.22. The number of carbonyl (C=O) groups is 1. The third-order valence-corrected chi connectivity index (χ3v) is 2.95. The molecule has 2 atom stereocenters. The molecule has 2 unspecified atom stereocenters. The first-order valence-electron chi connectivity index (χ1n) is 6.25. The van der Waals surface area contributed by atoms with Crippen LogP contribution in [0.4, 0.5) is 0 Å². The highest BCUT2D eigenvalue weighted by atomic mass is 35.5. The van der Waals surface area contributed by atoms with Crippen LogP contribution in [-0.4, -0.2) is 41.7 Å². The Kier molecular flexibility index (Phi) is 6.12. The zero-order valence-electron chi connectivity index (χ0n) is 11.5. The molecule has 0 aromatic heterocycles. The van der Waals surface area contributed by atoms with Crippen molar-refractivity contribution in [1.29, 1.82) is 0 Å². The Labute approximate surface area is 118 Å². The molecule has 0 aliphatic rings. The van der Waals surface area contributed by atoms with Gasteiger partial charge < -0.3 is 14.7 Å². The van der Waals surface area contributed by atoms with Gasteiger partial charge in [-0.3, -0.25) is 4.79 Å². The maximum atomic E-state index is 12.0. The Morgan fingerprint density at radius 2 is 2.16 bits per heavy atom. The number of nitrogens with zero attached hydrogens (tertiary/aromatic N) is 1. The Balaban J connectivity index is 2.52. The maximum Gasteiger partial charge on any atom is 0.263 e. The maximum absolute atomic E-state index is 12.0. The lowest BCUT2D eigenvalue weighted by atomic mass is 10.2. The number of ether oxygens (including phenoxy) is 1. The SMILES string of the molecule is CC(O)CCN(C)C(=O)C(C)Oc1cccc(Cl)c1. The number of halogens is 1. The van der Waals surface area contributed by atoms with E-state index in [1.54, 1.807) is 50.1 Å². The van der Waals surface area contributed by atoms with Crippen molar-refractivity contribution in [2.45, 2.75) is 32.5 Å². The second-order valence-electron chi connectivity index (χ2n) is 4.61. The first-order valence-corrected chi connectivity index (χ1v) is 6.63. The molecule has 0 radical (unpaired) electrons. The molecular weight excluding hydrogens is 266 g/mol. The van der Waals surface area contributed by atoms with Gasteiger partial charge in [-0.1, -0.05) is 17.7 Å². The predicted molar refractivity (Wildman–Crippen MR) is 75.5 cm³/mol. The Bertz CT molecular complexity index is 423. The number of aliphatic hydroxyl groups is 1. The summed E-state index contributed by atoms with van der Waals surface area (Å²) >= 11 is 5.85. The van der Waals surface area contributed by atoms with Gasteiger partial charge in [0.2, 0.25) is 0 Å². The van der Waals surface area contributed by atoms with Crippen LogP contribution in [0, 0.1) is 0 Å². The van der Waals surface area contributed by atoms with Gasteiger partial charge in [-0.15, -0.1) is 0 Å². The number of aliphatic hydroxyl groups excluding tert-OH is 1. The van der Waals surface area contributed by atoms with E-state index in [-0.39, 0.29) is 5.91 Å². The van der Waals surface area contributed by atoms with Gasteiger partial charge in [0, 0.05) is 18.6 Å². The third-order valence-electron chi connectivity index (χ3n) is 2.72. The number of likely N-dealkylation sites (N-methyl/N-ethyl adjacent to an activating group) is 1. The van der Waals surface area contributed by atoms with E-state index >= 15 is 0 Å². The fraction of sp³-hybridized carbons (Fsp3) is 0.500. The van der Waals surface area contributed by atoms with E-state index in [0.717, 1.165) is 0 Å². The Hall–Kier alpha value is -1.26. The topological polar surface area (TPSA) is 49.8 Å². The van der Waals surface area contributed by atoms with E-state index in [0.29, 0.717) is 23.7 Å². The lowest BCUT2D eigenvalue weighted by molar-refractivity contribution is -0.136. The lowest BCUT2D eigenvalue weighted by Crippen LogP contribution is -2.39. The normalized spacial score (nSPS) is 13.7. The Morgan fingerprint density at radius 1 is 1.47 bits per heavy atom. The molecule has 1 amide bonds. The van der Waals surface area contributed by atoms with Crippen molar-refractivity contribution >= 4 is 17.5 Å². The molecule has 1 aromatic rings. The van der Waals surface area contributed by atoms with E-state index in [4.69, 9.17) is 16.3 Å². The van der Waals surface area contributed by atoms with Gasteiger partial charge in [-0.2, -0.15) is 0 Å². The third kappa shape index (κ3) is 5.49. The summed E-state index contributed by atoms with van der Waals surface area (Å²) in [7, 11) is 1.70.